The summed E-state index contributed by atoms with van der Waals surface area (Å²) < 4.78 is 11.5. The molecule has 1 aromatic heterocycles. The van der Waals surface area contributed by atoms with Gasteiger partial charge in [-0.2, -0.15) is 0 Å². The highest BCUT2D eigenvalue weighted by atomic mass is 16.5. The van der Waals surface area contributed by atoms with Crippen molar-refractivity contribution in [2.24, 2.45) is 11.7 Å². The number of carbonyl (C=O) groups is 3. The molecular weight excluding hydrogens is 396 g/mol. The molecular formula is C24H24N2O5. The lowest BCUT2D eigenvalue weighted by Gasteiger charge is -2.17. The molecule has 0 radical (unpaired) electrons. The number of carbonyl (C=O) groups excluding carboxylic acids is 3. The number of fused-ring (bicyclic) bond motifs is 1. The second-order valence-corrected chi connectivity index (χ2v) is 8.01. The normalized spacial score (nSPS) is 18.3. The smallest absolute Gasteiger partial charge is 0.338 e. The second kappa shape index (κ2) is 8.26. The Labute approximate surface area is 179 Å². The zero-order valence-electron chi connectivity index (χ0n) is 17.5. The van der Waals surface area contributed by atoms with E-state index in [1.54, 1.807) is 35.2 Å². The van der Waals surface area contributed by atoms with Crippen molar-refractivity contribution in [3.8, 4) is 0 Å². The van der Waals surface area contributed by atoms with Gasteiger partial charge in [0.05, 0.1) is 12.1 Å². The molecule has 2 atom stereocenters. The number of aryl methyl sites for hydroxylation is 2. The predicted octanol–water partition coefficient (Wildman–Crippen LogP) is 3.22. The van der Waals surface area contributed by atoms with Crippen molar-refractivity contribution in [3.63, 3.8) is 0 Å². The van der Waals surface area contributed by atoms with Gasteiger partial charge in [-0.3, -0.25) is 9.59 Å². The van der Waals surface area contributed by atoms with Crippen molar-refractivity contribution < 1.29 is 23.5 Å². The maximum absolute atomic E-state index is 13.2. The number of amides is 2. The predicted molar refractivity (Wildman–Crippen MR) is 115 cm³/mol. The van der Waals surface area contributed by atoms with Crippen LogP contribution in [-0.4, -0.2) is 41.9 Å². The Morgan fingerprint density at radius 2 is 1.84 bits per heavy atom. The summed E-state index contributed by atoms with van der Waals surface area (Å²) in [5, 5.41) is 0.883. The van der Waals surface area contributed by atoms with Crippen molar-refractivity contribution in [1.82, 2.24) is 4.90 Å². The van der Waals surface area contributed by atoms with E-state index < -0.39 is 18.0 Å². The van der Waals surface area contributed by atoms with Crippen LogP contribution >= 0.6 is 0 Å². The monoisotopic (exact) mass is 420 g/mol. The molecule has 3 aromatic rings. The van der Waals surface area contributed by atoms with E-state index in [2.05, 4.69) is 0 Å². The van der Waals surface area contributed by atoms with Gasteiger partial charge in [0.1, 0.15) is 11.7 Å². The second-order valence-electron chi connectivity index (χ2n) is 8.01. The van der Waals surface area contributed by atoms with Gasteiger partial charge >= 0.3 is 5.97 Å². The molecule has 0 aliphatic carbocycles. The average Bonchev–Trinajstić information content (AvgIpc) is 3.28. The van der Waals surface area contributed by atoms with E-state index in [-0.39, 0.29) is 37.1 Å². The van der Waals surface area contributed by atoms with Gasteiger partial charge in [-0.15, -0.1) is 0 Å². The number of rotatable bonds is 5. The van der Waals surface area contributed by atoms with Crippen LogP contribution in [0.5, 0.6) is 0 Å². The summed E-state index contributed by atoms with van der Waals surface area (Å²) in [6, 6.07) is 14.4. The Hall–Kier alpha value is -3.61. The van der Waals surface area contributed by atoms with E-state index in [1.807, 2.05) is 32.0 Å². The zero-order chi connectivity index (χ0) is 22.1. The van der Waals surface area contributed by atoms with Crippen molar-refractivity contribution in [3.05, 3.63) is 71.0 Å². The van der Waals surface area contributed by atoms with Crippen LogP contribution in [-0.2, 0) is 9.53 Å². The fourth-order valence-corrected chi connectivity index (χ4v) is 4.06. The van der Waals surface area contributed by atoms with E-state index in [1.165, 1.54) is 0 Å². The maximum atomic E-state index is 13.2. The van der Waals surface area contributed by atoms with Gasteiger partial charge in [-0.25, -0.2) is 4.79 Å². The first-order chi connectivity index (χ1) is 14.8. The minimum Gasteiger partial charge on any atom is -0.457 e. The number of hydrogen-bond acceptors (Lipinski definition) is 5. The van der Waals surface area contributed by atoms with Gasteiger partial charge in [-0.05, 0) is 37.6 Å². The molecule has 7 nitrogen and oxygen atoms in total. The minimum atomic E-state index is -0.629. The summed E-state index contributed by atoms with van der Waals surface area (Å²) in [7, 11) is 0. The Bertz CT molecular complexity index is 1150. The number of furan rings is 1. The van der Waals surface area contributed by atoms with Gasteiger partial charge < -0.3 is 19.8 Å². The topological polar surface area (TPSA) is 103 Å². The van der Waals surface area contributed by atoms with Crippen LogP contribution in [0, 0.1) is 19.8 Å². The highest BCUT2D eigenvalue weighted by Gasteiger charge is 2.40. The third-order valence-electron chi connectivity index (χ3n) is 5.69. The highest BCUT2D eigenvalue weighted by molar-refractivity contribution is 5.99. The molecule has 1 fully saturated rings. The maximum Gasteiger partial charge on any atom is 0.338 e. The number of primary amides is 1. The summed E-state index contributed by atoms with van der Waals surface area (Å²) in [5.74, 6) is -1.41. The van der Waals surface area contributed by atoms with E-state index in [9.17, 15) is 14.4 Å². The lowest BCUT2D eigenvalue weighted by molar-refractivity contribution is -0.119. The molecule has 2 amide bonds. The van der Waals surface area contributed by atoms with Gasteiger partial charge in [0.15, 0.2) is 5.76 Å². The molecule has 1 aliphatic rings. The Balaban J connectivity index is 1.56. The lowest BCUT2D eigenvalue weighted by Crippen LogP contribution is -2.31. The zero-order valence-corrected chi connectivity index (χ0v) is 17.5. The Morgan fingerprint density at radius 1 is 1.10 bits per heavy atom. The van der Waals surface area contributed by atoms with Gasteiger partial charge in [0, 0.05) is 29.8 Å². The number of nitrogens with zero attached hydrogens (tertiary/aromatic N) is 1. The van der Waals surface area contributed by atoms with Crippen LogP contribution in [0.3, 0.4) is 0 Å². The summed E-state index contributed by atoms with van der Waals surface area (Å²) >= 11 is 0. The molecule has 4 rings (SSSR count). The fourth-order valence-electron chi connectivity index (χ4n) is 4.06. The number of hydrogen-bond donors (Lipinski definition) is 1. The first-order valence-electron chi connectivity index (χ1n) is 10.2. The number of nitrogens with two attached hydrogens (primary N) is 1. The summed E-state index contributed by atoms with van der Waals surface area (Å²) in [6.45, 7) is 4.23. The van der Waals surface area contributed by atoms with E-state index >= 15 is 0 Å². The third-order valence-corrected chi connectivity index (χ3v) is 5.69. The molecule has 0 unspecified atom stereocenters. The van der Waals surface area contributed by atoms with Crippen molar-refractivity contribution in [2.75, 3.05) is 13.1 Å². The number of ether oxygens (including phenoxy) is 1. The van der Waals surface area contributed by atoms with E-state index in [0.717, 1.165) is 16.5 Å². The average molecular weight is 420 g/mol. The molecule has 7 heteroatoms. The molecule has 2 heterocycles. The summed E-state index contributed by atoms with van der Waals surface area (Å²) in [4.78, 5) is 38.9. The first-order valence-corrected chi connectivity index (χ1v) is 10.2. The highest BCUT2D eigenvalue weighted by Crippen LogP contribution is 2.30. The molecule has 0 bridgehead atoms. The summed E-state index contributed by atoms with van der Waals surface area (Å²) in [6.07, 6.45) is -0.606. The standard InChI is InChI=1S/C24H24N2O5/c1-14-8-9-18-15(2)22(30-19(18)10-14)23(28)26-12-17(11-21(25)27)20(13-26)31-24(29)16-6-4-3-5-7-16/h3-10,17,20H,11-13H2,1-2H3,(H2,25,27)/t17-,20+/m0/s1. The van der Waals surface area contributed by atoms with Crippen LogP contribution in [0.15, 0.2) is 52.9 Å². The van der Waals surface area contributed by atoms with Gasteiger partial charge in [-0.1, -0.05) is 30.3 Å². The third kappa shape index (κ3) is 4.17. The fraction of sp³-hybridized carbons (Fsp3) is 0.292. The number of esters is 1. The molecule has 0 saturated carbocycles. The molecule has 0 spiro atoms. The van der Waals surface area contributed by atoms with E-state index in [4.69, 9.17) is 14.9 Å². The molecule has 1 saturated heterocycles. The quantitative estimate of drug-likeness (QED) is 0.639. The number of benzene rings is 2. The SMILES string of the molecule is Cc1ccc2c(C)c(C(=O)N3C[C@H](CC(N)=O)[C@H](OC(=O)c4ccccc4)C3)oc2c1. The molecule has 1 aliphatic heterocycles. The largest absolute Gasteiger partial charge is 0.457 e. The van der Waals surface area contributed by atoms with Crippen LogP contribution in [0.25, 0.3) is 11.0 Å². The van der Waals surface area contributed by atoms with Gasteiger partial charge in [0.25, 0.3) is 5.91 Å². The lowest BCUT2D eigenvalue weighted by atomic mass is 10.0. The van der Waals surface area contributed by atoms with Crippen molar-refractivity contribution in [1.29, 1.82) is 0 Å². The van der Waals surface area contributed by atoms with Gasteiger partial charge in [0.2, 0.25) is 5.91 Å². The van der Waals surface area contributed by atoms with Crippen molar-refractivity contribution >= 4 is 28.8 Å². The molecule has 2 N–H and O–H groups in total. The van der Waals surface area contributed by atoms with Crippen molar-refractivity contribution in [2.45, 2.75) is 26.4 Å². The van der Waals surface area contributed by atoms with Crippen LogP contribution in [0.4, 0.5) is 0 Å². The molecule has 31 heavy (non-hydrogen) atoms. The van der Waals surface area contributed by atoms with Crippen LogP contribution in [0.2, 0.25) is 0 Å². The molecule has 160 valence electrons. The van der Waals surface area contributed by atoms with Crippen LogP contribution < -0.4 is 5.73 Å². The van der Waals surface area contributed by atoms with Crippen LogP contribution in [0.1, 0.15) is 38.5 Å². The summed E-state index contributed by atoms with van der Waals surface area (Å²) in [5.41, 5.74) is 8.26. The Kier molecular flexibility index (Phi) is 5.50. The minimum absolute atomic E-state index is 0.0226. The number of likely N-dealkylation sites (tertiary alicyclic amines) is 1. The first kappa shape index (κ1) is 20.7. The van der Waals surface area contributed by atoms with E-state index in [0.29, 0.717) is 11.1 Å². The molecule has 2 aromatic carbocycles. The Morgan fingerprint density at radius 3 is 2.55 bits per heavy atom.